The molecule has 0 spiro atoms. The third-order valence-corrected chi connectivity index (χ3v) is 6.47. The Labute approximate surface area is 198 Å². The monoisotopic (exact) mass is 464 g/mol. The molecule has 1 aliphatic rings. The molecule has 0 unspecified atom stereocenters. The van der Waals surface area contributed by atoms with E-state index in [0.29, 0.717) is 33.3 Å². The first-order valence-corrected chi connectivity index (χ1v) is 10.9. The van der Waals surface area contributed by atoms with E-state index in [1.54, 1.807) is 43.3 Å². The summed E-state index contributed by atoms with van der Waals surface area (Å²) in [5, 5.41) is 3.56. The quantitative estimate of drug-likeness (QED) is 0.562. The zero-order chi connectivity index (χ0) is 23.7. The van der Waals surface area contributed by atoms with Crippen molar-refractivity contribution in [2.45, 2.75) is 18.9 Å². The number of aryl methyl sites for hydroxylation is 1. The molecule has 2 amide bonds. The van der Waals surface area contributed by atoms with Gasteiger partial charge in [-0.1, -0.05) is 41.9 Å². The summed E-state index contributed by atoms with van der Waals surface area (Å²) in [7, 11) is 4.85. The van der Waals surface area contributed by atoms with Gasteiger partial charge in [-0.05, 0) is 47.9 Å². The molecule has 0 aromatic heterocycles. The molecular weight excluding hydrogens is 440 g/mol. The summed E-state index contributed by atoms with van der Waals surface area (Å²) in [6, 6.07) is 17.6. The fourth-order valence-electron chi connectivity index (χ4n) is 4.32. The lowest BCUT2D eigenvalue weighted by Crippen LogP contribution is -2.44. The first kappa shape index (κ1) is 22.7. The Kier molecular flexibility index (Phi) is 6.29. The second kappa shape index (κ2) is 9.16. The van der Waals surface area contributed by atoms with Gasteiger partial charge in [0.1, 0.15) is 11.5 Å². The Morgan fingerprint density at radius 3 is 2.39 bits per heavy atom. The van der Waals surface area contributed by atoms with E-state index in [1.165, 1.54) is 7.11 Å². The Hall–Kier alpha value is -3.51. The molecule has 33 heavy (non-hydrogen) atoms. The molecule has 0 aliphatic carbocycles. The maximum atomic E-state index is 13.8. The Balaban J connectivity index is 1.81. The molecule has 2 atom stereocenters. The second-order valence-electron chi connectivity index (χ2n) is 7.99. The number of fused-ring (bicyclic) bond motifs is 1. The number of likely N-dealkylation sites (N-methyl/N-ethyl adjacent to an activating group) is 1. The molecule has 1 heterocycles. The third-order valence-electron chi connectivity index (χ3n) is 6.06. The van der Waals surface area contributed by atoms with Crippen LogP contribution in [0, 0.1) is 6.92 Å². The van der Waals surface area contributed by atoms with Crippen LogP contribution in [-0.4, -0.2) is 38.0 Å². The Morgan fingerprint density at radius 1 is 1.03 bits per heavy atom. The van der Waals surface area contributed by atoms with Crippen molar-refractivity contribution < 1.29 is 19.1 Å². The highest BCUT2D eigenvalue weighted by atomic mass is 35.5. The highest BCUT2D eigenvalue weighted by Gasteiger charge is 2.42. The molecule has 3 aromatic carbocycles. The molecule has 0 saturated carbocycles. The summed E-state index contributed by atoms with van der Waals surface area (Å²) in [4.78, 5) is 28.6. The molecule has 0 bridgehead atoms. The number of rotatable bonds is 5. The van der Waals surface area contributed by atoms with Gasteiger partial charge in [-0.15, -0.1) is 0 Å². The summed E-state index contributed by atoms with van der Waals surface area (Å²) < 4.78 is 10.7. The number of carbonyl (C=O) groups is 2. The van der Waals surface area contributed by atoms with Crippen LogP contribution in [0.2, 0.25) is 5.02 Å². The van der Waals surface area contributed by atoms with Gasteiger partial charge >= 0.3 is 0 Å². The van der Waals surface area contributed by atoms with Crippen molar-refractivity contribution in [3.8, 4) is 11.5 Å². The standard InChI is InChI=1S/C26H25ClN2O4/c1-15-13-21(22(33-4)14-20(15)27)28-25(30)23-18-7-5-6-8-19(18)26(31)29(2)24(23)16-9-11-17(32-3)12-10-16/h5-14,23-24H,1-4H3,(H,28,30)/t23-,24+/m0/s1. The molecule has 1 aliphatic heterocycles. The van der Waals surface area contributed by atoms with Gasteiger partial charge in [-0.2, -0.15) is 0 Å². The number of hydrogen-bond acceptors (Lipinski definition) is 4. The minimum Gasteiger partial charge on any atom is -0.497 e. The maximum absolute atomic E-state index is 13.8. The second-order valence-corrected chi connectivity index (χ2v) is 8.40. The number of amides is 2. The molecule has 4 rings (SSSR count). The number of benzene rings is 3. The third kappa shape index (κ3) is 4.14. The van der Waals surface area contributed by atoms with Gasteiger partial charge < -0.3 is 19.7 Å². The number of anilines is 1. The summed E-state index contributed by atoms with van der Waals surface area (Å²) in [6.45, 7) is 1.86. The van der Waals surface area contributed by atoms with Crippen LogP contribution in [0.5, 0.6) is 11.5 Å². The first-order valence-electron chi connectivity index (χ1n) is 10.5. The Morgan fingerprint density at radius 2 is 1.73 bits per heavy atom. The molecule has 0 fully saturated rings. The van der Waals surface area contributed by atoms with Gasteiger partial charge in [0.25, 0.3) is 5.91 Å². The average molecular weight is 465 g/mol. The van der Waals surface area contributed by atoms with E-state index in [-0.39, 0.29) is 11.8 Å². The van der Waals surface area contributed by atoms with Gasteiger partial charge in [-0.3, -0.25) is 9.59 Å². The number of hydrogen-bond donors (Lipinski definition) is 1. The molecule has 0 radical (unpaired) electrons. The highest BCUT2D eigenvalue weighted by molar-refractivity contribution is 6.31. The highest BCUT2D eigenvalue weighted by Crippen LogP contribution is 2.43. The molecule has 6 nitrogen and oxygen atoms in total. The van der Waals surface area contributed by atoms with E-state index in [9.17, 15) is 9.59 Å². The van der Waals surface area contributed by atoms with Crippen molar-refractivity contribution in [3.05, 3.63) is 87.9 Å². The van der Waals surface area contributed by atoms with Crippen LogP contribution >= 0.6 is 11.6 Å². The number of carbonyl (C=O) groups excluding carboxylic acids is 2. The minimum absolute atomic E-state index is 0.129. The maximum Gasteiger partial charge on any atom is 0.254 e. The average Bonchev–Trinajstić information content (AvgIpc) is 2.83. The smallest absolute Gasteiger partial charge is 0.254 e. The van der Waals surface area contributed by atoms with Crippen LogP contribution in [-0.2, 0) is 4.79 Å². The van der Waals surface area contributed by atoms with Gasteiger partial charge in [0.05, 0.1) is 31.9 Å². The van der Waals surface area contributed by atoms with E-state index in [4.69, 9.17) is 21.1 Å². The van der Waals surface area contributed by atoms with Gasteiger partial charge in [-0.25, -0.2) is 0 Å². The van der Waals surface area contributed by atoms with E-state index in [0.717, 1.165) is 11.1 Å². The first-order chi connectivity index (χ1) is 15.8. The SMILES string of the molecule is COc1ccc([C@@H]2[C@@H](C(=O)Nc3cc(C)c(Cl)cc3OC)c3ccccc3C(=O)N2C)cc1. The molecule has 170 valence electrons. The molecular formula is C26H25ClN2O4. The van der Waals surface area contributed by atoms with Crippen LogP contribution in [0.25, 0.3) is 0 Å². The van der Waals surface area contributed by atoms with Gasteiger partial charge in [0, 0.05) is 23.7 Å². The van der Waals surface area contributed by atoms with Crippen LogP contribution in [0.4, 0.5) is 5.69 Å². The molecule has 0 saturated heterocycles. The van der Waals surface area contributed by atoms with Crippen LogP contribution in [0.15, 0.2) is 60.7 Å². The lowest BCUT2D eigenvalue weighted by Gasteiger charge is -2.39. The summed E-state index contributed by atoms with van der Waals surface area (Å²) >= 11 is 6.23. The largest absolute Gasteiger partial charge is 0.497 e. The lowest BCUT2D eigenvalue weighted by atomic mass is 9.79. The molecule has 3 aromatic rings. The van der Waals surface area contributed by atoms with Crippen molar-refractivity contribution >= 4 is 29.1 Å². The predicted molar refractivity (Wildman–Crippen MR) is 128 cm³/mol. The summed E-state index contributed by atoms with van der Waals surface area (Å²) in [5.41, 5.74) is 3.37. The number of halogens is 1. The van der Waals surface area contributed by atoms with Crippen molar-refractivity contribution in [1.82, 2.24) is 4.90 Å². The Bertz CT molecular complexity index is 1210. The van der Waals surface area contributed by atoms with E-state index in [2.05, 4.69) is 5.32 Å². The lowest BCUT2D eigenvalue weighted by molar-refractivity contribution is -0.119. The zero-order valence-electron chi connectivity index (χ0n) is 18.9. The number of nitrogens with one attached hydrogen (secondary N) is 1. The summed E-state index contributed by atoms with van der Waals surface area (Å²) in [5.74, 6) is 0.149. The van der Waals surface area contributed by atoms with Crippen molar-refractivity contribution in [2.75, 3.05) is 26.6 Å². The topological polar surface area (TPSA) is 67.9 Å². The number of methoxy groups -OCH3 is 2. The number of ether oxygens (including phenoxy) is 2. The van der Waals surface area contributed by atoms with E-state index in [1.807, 2.05) is 43.3 Å². The van der Waals surface area contributed by atoms with Crippen molar-refractivity contribution in [2.24, 2.45) is 0 Å². The van der Waals surface area contributed by atoms with Crippen LogP contribution < -0.4 is 14.8 Å². The zero-order valence-corrected chi connectivity index (χ0v) is 19.6. The van der Waals surface area contributed by atoms with Crippen LogP contribution in [0.3, 0.4) is 0 Å². The fraction of sp³-hybridized carbons (Fsp3) is 0.231. The molecule has 7 heteroatoms. The minimum atomic E-state index is -0.641. The molecule has 1 N–H and O–H groups in total. The number of nitrogens with zero attached hydrogens (tertiary/aromatic N) is 1. The van der Waals surface area contributed by atoms with E-state index >= 15 is 0 Å². The predicted octanol–water partition coefficient (Wildman–Crippen LogP) is 5.21. The van der Waals surface area contributed by atoms with Crippen LogP contribution in [0.1, 0.15) is 39.0 Å². The van der Waals surface area contributed by atoms with Crippen molar-refractivity contribution in [1.29, 1.82) is 0 Å². The van der Waals surface area contributed by atoms with Crippen molar-refractivity contribution in [3.63, 3.8) is 0 Å². The van der Waals surface area contributed by atoms with Gasteiger partial charge in [0.15, 0.2) is 0 Å². The normalized spacial score (nSPS) is 17.4. The van der Waals surface area contributed by atoms with E-state index < -0.39 is 12.0 Å². The summed E-state index contributed by atoms with van der Waals surface area (Å²) in [6.07, 6.45) is 0. The van der Waals surface area contributed by atoms with Gasteiger partial charge in [0.2, 0.25) is 5.91 Å². The fourth-order valence-corrected chi connectivity index (χ4v) is 4.47.